The van der Waals surface area contributed by atoms with Gasteiger partial charge in [0.05, 0.1) is 11.8 Å². The van der Waals surface area contributed by atoms with Gasteiger partial charge in [-0.3, -0.25) is 4.79 Å². The number of hydrogen-bond donors (Lipinski definition) is 2. The number of halogens is 1. The molecule has 2 N–H and O–H groups in total. The molecule has 0 spiro atoms. The van der Waals surface area contributed by atoms with Gasteiger partial charge in [-0.1, -0.05) is 24.3 Å². The lowest BCUT2D eigenvalue weighted by Gasteiger charge is -2.14. The summed E-state index contributed by atoms with van der Waals surface area (Å²) < 4.78 is 18.5. The van der Waals surface area contributed by atoms with E-state index in [1.807, 2.05) is 38.1 Å². The minimum Gasteiger partial charge on any atom is -0.489 e. The van der Waals surface area contributed by atoms with E-state index in [4.69, 9.17) is 4.74 Å². The molecule has 0 unspecified atom stereocenters. The fourth-order valence-corrected chi connectivity index (χ4v) is 2.18. The third-order valence-corrected chi connectivity index (χ3v) is 3.30. The maximum atomic E-state index is 12.8. The van der Waals surface area contributed by atoms with Crippen LogP contribution in [0.4, 0.5) is 10.1 Å². The molecule has 2 rings (SSSR count). The van der Waals surface area contributed by atoms with E-state index in [-0.39, 0.29) is 17.8 Å². The van der Waals surface area contributed by atoms with Crippen LogP contribution in [0.5, 0.6) is 5.75 Å². The number of ether oxygens (including phenoxy) is 1. The Labute approximate surface area is 142 Å². The predicted molar refractivity (Wildman–Crippen MR) is 93.6 cm³/mol. The second-order valence-corrected chi connectivity index (χ2v) is 5.76. The number of rotatable bonds is 8. The highest BCUT2D eigenvalue weighted by molar-refractivity contribution is 5.92. The zero-order valence-electron chi connectivity index (χ0n) is 14.0. The van der Waals surface area contributed by atoms with Crippen molar-refractivity contribution in [1.29, 1.82) is 0 Å². The maximum absolute atomic E-state index is 12.8. The molecule has 0 aliphatic carbocycles. The SMILES string of the molecule is CC(C)Oc1ccccc1NC(=O)CCNCc1ccc(F)cc1. The first kappa shape index (κ1) is 17.9. The summed E-state index contributed by atoms with van der Waals surface area (Å²) in [5.74, 6) is 0.335. The number of carbonyl (C=O) groups excluding carboxylic acids is 1. The number of carbonyl (C=O) groups is 1. The lowest BCUT2D eigenvalue weighted by Crippen LogP contribution is -2.22. The molecule has 4 nitrogen and oxygen atoms in total. The van der Waals surface area contributed by atoms with Crippen molar-refractivity contribution in [3.05, 3.63) is 59.9 Å². The second kappa shape index (κ2) is 9.03. The molecule has 1 amide bonds. The molecule has 0 aromatic heterocycles. The van der Waals surface area contributed by atoms with Crippen LogP contribution in [-0.2, 0) is 11.3 Å². The van der Waals surface area contributed by atoms with E-state index in [2.05, 4.69) is 10.6 Å². The summed E-state index contributed by atoms with van der Waals surface area (Å²) >= 11 is 0. The first-order valence-corrected chi connectivity index (χ1v) is 8.05. The van der Waals surface area contributed by atoms with Crippen molar-refractivity contribution < 1.29 is 13.9 Å². The zero-order valence-corrected chi connectivity index (χ0v) is 14.0. The standard InChI is InChI=1S/C19H23FN2O2/c1-14(2)24-18-6-4-3-5-17(18)22-19(23)11-12-21-13-15-7-9-16(20)10-8-15/h3-10,14,21H,11-13H2,1-2H3,(H,22,23). The molecule has 0 radical (unpaired) electrons. The summed E-state index contributed by atoms with van der Waals surface area (Å²) in [7, 11) is 0. The Morgan fingerprint density at radius 2 is 1.83 bits per heavy atom. The van der Waals surface area contributed by atoms with Crippen LogP contribution >= 0.6 is 0 Å². The average molecular weight is 330 g/mol. The van der Waals surface area contributed by atoms with E-state index in [0.29, 0.717) is 30.9 Å². The fourth-order valence-electron chi connectivity index (χ4n) is 2.18. The molecule has 24 heavy (non-hydrogen) atoms. The number of amides is 1. The van der Waals surface area contributed by atoms with Crippen molar-refractivity contribution in [2.45, 2.75) is 32.9 Å². The molecule has 0 fully saturated rings. The molecule has 0 atom stereocenters. The van der Waals surface area contributed by atoms with E-state index < -0.39 is 0 Å². The largest absolute Gasteiger partial charge is 0.489 e. The lowest BCUT2D eigenvalue weighted by molar-refractivity contribution is -0.116. The summed E-state index contributed by atoms with van der Waals surface area (Å²) in [5.41, 5.74) is 1.65. The van der Waals surface area contributed by atoms with E-state index >= 15 is 0 Å². The number of benzene rings is 2. The predicted octanol–water partition coefficient (Wildman–Crippen LogP) is 3.73. The Hall–Kier alpha value is -2.40. The Bertz CT molecular complexity index is 657. The van der Waals surface area contributed by atoms with Gasteiger partial charge in [-0.2, -0.15) is 0 Å². The van der Waals surface area contributed by atoms with Crippen molar-refractivity contribution in [2.24, 2.45) is 0 Å². The van der Waals surface area contributed by atoms with Crippen LogP contribution in [0, 0.1) is 5.82 Å². The van der Waals surface area contributed by atoms with Gasteiger partial charge in [0.1, 0.15) is 11.6 Å². The summed E-state index contributed by atoms with van der Waals surface area (Å²) in [5, 5.41) is 6.04. The highest BCUT2D eigenvalue weighted by Gasteiger charge is 2.08. The third-order valence-electron chi connectivity index (χ3n) is 3.30. The summed E-state index contributed by atoms with van der Waals surface area (Å²) in [6.07, 6.45) is 0.387. The van der Waals surface area contributed by atoms with Crippen LogP contribution in [0.15, 0.2) is 48.5 Å². The van der Waals surface area contributed by atoms with Crippen LogP contribution in [0.1, 0.15) is 25.8 Å². The van der Waals surface area contributed by atoms with Gasteiger partial charge in [-0.15, -0.1) is 0 Å². The molecule has 0 bridgehead atoms. The molecule has 0 aliphatic heterocycles. The topological polar surface area (TPSA) is 50.4 Å². The molecule has 0 saturated carbocycles. The highest BCUT2D eigenvalue weighted by atomic mass is 19.1. The molecule has 2 aromatic carbocycles. The average Bonchev–Trinajstić information content (AvgIpc) is 2.55. The first-order valence-electron chi connectivity index (χ1n) is 8.05. The third kappa shape index (κ3) is 6.01. The van der Waals surface area contributed by atoms with Crippen LogP contribution in [0.2, 0.25) is 0 Å². The minimum atomic E-state index is -0.250. The molecule has 0 aliphatic rings. The van der Waals surface area contributed by atoms with Crippen LogP contribution < -0.4 is 15.4 Å². The molecule has 128 valence electrons. The molecule has 0 heterocycles. The van der Waals surface area contributed by atoms with Gasteiger partial charge >= 0.3 is 0 Å². The first-order chi connectivity index (χ1) is 11.5. The number of nitrogens with one attached hydrogen (secondary N) is 2. The van der Waals surface area contributed by atoms with Gasteiger partial charge in [-0.05, 0) is 43.7 Å². The molecular weight excluding hydrogens is 307 g/mol. The molecular formula is C19H23FN2O2. The van der Waals surface area contributed by atoms with Crippen LogP contribution in [0.3, 0.4) is 0 Å². The maximum Gasteiger partial charge on any atom is 0.225 e. The van der Waals surface area contributed by atoms with Gasteiger partial charge < -0.3 is 15.4 Å². The van der Waals surface area contributed by atoms with E-state index in [1.54, 1.807) is 12.1 Å². The number of hydrogen-bond acceptors (Lipinski definition) is 3. The van der Waals surface area contributed by atoms with Crippen molar-refractivity contribution in [1.82, 2.24) is 5.32 Å². The van der Waals surface area contributed by atoms with Gasteiger partial charge in [0, 0.05) is 19.5 Å². The van der Waals surface area contributed by atoms with E-state index in [9.17, 15) is 9.18 Å². The van der Waals surface area contributed by atoms with Crippen molar-refractivity contribution in [3.8, 4) is 5.75 Å². The molecule has 5 heteroatoms. The zero-order chi connectivity index (χ0) is 17.4. The molecule has 2 aromatic rings. The minimum absolute atomic E-state index is 0.0421. The van der Waals surface area contributed by atoms with Gasteiger partial charge in [-0.25, -0.2) is 4.39 Å². The van der Waals surface area contributed by atoms with Crippen molar-refractivity contribution >= 4 is 11.6 Å². The van der Waals surface area contributed by atoms with Gasteiger partial charge in [0.15, 0.2) is 0 Å². The summed E-state index contributed by atoms with van der Waals surface area (Å²) in [6.45, 7) is 5.02. The Morgan fingerprint density at radius 3 is 2.54 bits per heavy atom. The Balaban J connectivity index is 1.76. The van der Waals surface area contributed by atoms with Gasteiger partial charge in [0.2, 0.25) is 5.91 Å². The fraction of sp³-hybridized carbons (Fsp3) is 0.316. The monoisotopic (exact) mass is 330 g/mol. The van der Waals surface area contributed by atoms with E-state index in [0.717, 1.165) is 5.56 Å². The Morgan fingerprint density at radius 1 is 1.12 bits per heavy atom. The second-order valence-electron chi connectivity index (χ2n) is 5.76. The number of para-hydroxylation sites is 2. The highest BCUT2D eigenvalue weighted by Crippen LogP contribution is 2.24. The van der Waals surface area contributed by atoms with E-state index in [1.165, 1.54) is 12.1 Å². The van der Waals surface area contributed by atoms with Crippen molar-refractivity contribution in [2.75, 3.05) is 11.9 Å². The van der Waals surface area contributed by atoms with Gasteiger partial charge in [0.25, 0.3) is 0 Å². The smallest absolute Gasteiger partial charge is 0.225 e. The Kier molecular flexibility index (Phi) is 6.75. The summed E-state index contributed by atoms with van der Waals surface area (Å²) in [6, 6.07) is 13.7. The normalized spacial score (nSPS) is 10.7. The lowest BCUT2D eigenvalue weighted by atomic mass is 10.2. The quantitative estimate of drug-likeness (QED) is 0.725. The van der Waals surface area contributed by atoms with Crippen LogP contribution in [-0.4, -0.2) is 18.6 Å². The number of anilines is 1. The molecule has 0 saturated heterocycles. The van der Waals surface area contributed by atoms with Crippen LogP contribution in [0.25, 0.3) is 0 Å². The van der Waals surface area contributed by atoms with Crippen molar-refractivity contribution in [3.63, 3.8) is 0 Å². The summed E-state index contributed by atoms with van der Waals surface area (Å²) in [4.78, 5) is 12.1.